The van der Waals surface area contributed by atoms with Crippen LogP contribution < -0.4 is 5.73 Å². The van der Waals surface area contributed by atoms with Crippen LogP contribution in [0.25, 0.3) is 0 Å². The maximum Gasteiger partial charge on any atom is 0.150 e. The fourth-order valence-electron chi connectivity index (χ4n) is 1.46. The van der Waals surface area contributed by atoms with Crippen molar-refractivity contribution in [3.05, 3.63) is 52.4 Å². The fraction of sp³-hybridized carbons (Fsp3) is 0.0833. The Balaban J connectivity index is 2.27. The van der Waals surface area contributed by atoms with Crippen molar-refractivity contribution in [2.45, 2.75) is 10.8 Å². The van der Waals surface area contributed by atoms with Crippen LogP contribution in [0.1, 0.15) is 5.56 Å². The zero-order valence-electron chi connectivity index (χ0n) is 9.27. The number of nitrogens with two attached hydrogens (primary N) is 1. The molecular formula is C12H10BrFN2OS. The first-order valence-corrected chi connectivity index (χ1v) is 7.22. The van der Waals surface area contributed by atoms with Crippen LogP contribution in [0.5, 0.6) is 0 Å². The monoisotopic (exact) mass is 328 g/mol. The normalized spacial score (nSPS) is 12.3. The van der Waals surface area contributed by atoms with E-state index in [0.717, 1.165) is 4.47 Å². The Bertz CT molecular complexity index is 606. The lowest BCUT2D eigenvalue weighted by molar-refractivity contribution is 0.614. The third-order valence-electron chi connectivity index (χ3n) is 2.31. The van der Waals surface area contributed by atoms with Gasteiger partial charge in [-0.15, -0.1) is 0 Å². The van der Waals surface area contributed by atoms with Crippen molar-refractivity contribution in [3.63, 3.8) is 0 Å². The van der Waals surface area contributed by atoms with E-state index in [9.17, 15) is 8.60 Å². The first kappa shape index (κ1) is 13.2. The minimum atomic E-state index is -1.46. The summed E-state index contributed by atoms with van der Waals surface area (Å²) in [5.41, 5.74) is 6.41. The summed E-state index contributed by atoms with van der Waals surface area (Å²) < 4.78 is 26.4. The second-order valence-electron chi connectivity index (χ2n) is 3.62. The van der Waals surface area contributed by atoms with Crippen LogP contribution in [0.3, 0.4) is 0 Å². The van der Waals surface area contributed by atoms with Gasteiger partial charge in [0, 0.05) is 16.2 Å². The van der Waals surface area contributed by atoms with Crippen molar-refractivity contribution in [1.29, 1.82) is 0 Å². The molecule has 0 fully saturated rings. The average molecular weight is 329 g/mol. The standard InChI is InChI=1S/C12H10BrFN2OS/c13-9-3-4-10(14)8(6-9)7-18(17)12-11(15)2-1-5-16-12/h1-6H,7,15H2. The quantitative estimate of drug-likeness (QED) is 0.942. The molecule has 18 heavy (non-hydrogen) atoms. The molecule has 0 aliphatic rings. The maximum atomic E-state index is 13.5. The van der Waals surface area contributed by atoms with Gasteiger partial charge in [-0.05, 0) is 30.3 Å². The summed E-state index contributed by atoms with van der Waals surface area (Å²) in [6.45, 7) is 0. The van der Waals surface area contributed by atoms with Gasteiger partial charge in [-0.2, -0.15) is 0 Å². The van der Waals surface area contributed by atoms with Crippen LogP contribution in [0.2, 0.25) is 0 Å². The largest absolute Gasteiger partial charge is 0.396 e. The molecule has 0 saturated carbocycles. The van der Waals surface area contributed by atoms with Gasteiger partial charge in [0.05, 0.1) is 22.2 Å². The highest BCUT2D eigenvalue weighted by molar-refractivity contribution is 9.10. The number of benzene rings is 1. The van der Waals surface area contributed by atoms with E-state index in [0.29, 0.717) is 11.3 Å². The SMILES string of the molecule is Nc1cccnc1S(=O)Cc1cc(Br)ccc1F. The second-order valence-corrected chi connectivity index (χ2v) is 5.91. The molecule has 0 aliphatic heterocycles. The predicted molar refractivity (Wildman–Crippen MR) is 72.9 cm³/mol. The number of halogens is 2. The number of pyridine rings is 1. The molecule has 1 unspecified atom stereocenters. The molecule has 2 N–H and O–H groups in total. The molecule has 2 rings (SSSR count). The lowest BCUT2D eigenvalue weighted by atomic mass is 10.2. The van der Waals surface area contributed by atoms with Crippen LogP contribution in [0.4, 0.5) is 10.1 Å². The smallest absolute Gasteiger partial charge is 0.150 e. The number of nitrogen functional groups attached to an aromatic ring is 1. The van der Waals surface area contributed by atoms with Gasteiger partial charge in [0.25, 0.3) is 0 Å². The summed E-state index contributed by atoms with van der Waals surface area (Å²) in [5.74, 6) is -0.340. The van der Waals surface area contributed by atoms with Gasteiger partial charge in [-0.25, -0.2) is 9.37 Å². The first-order valence-electron chi connectivity index (χ1n) is 5.10. The van der Waals surface area contributed by atoms with Crippen molar-refractivity contribution in [3.8, 4) is 0 Å². The van der Waals surface area contributed by atoms with Crippen LogP contribution >= 0.6 is 15.9 Å². The minimum absolute atomic E-state index is 0.0481. The van der Waals surface area contributed by atoms with Gasteiger partial charge in [0.2, 0.25) is 0 Å². The van der Waals surface area contributed by atoms with E-state index in [1.54, 1.807) is 24.3 Å². The number of hydrogen-bond donors (Lipinski definition) is 1. The van der Waals surface area contributed by atoms with Crippen molar-refractivity contribution < 1.29 is 8.60 Å². The highest BCUT2D eigenvalue weighted by Gasteiger charge is 2.12. The van der Waals surface area contributed by atoms with E-state index in [4.69, 9.17) is 5.73 Å². The zero-order chi connectivity index (χ0) is 13.1. The Kier molecular flexibility index (Phi) is 4.08. The molecule has 3 nitrogen and oxygen atoms in total. The van der Waals surface area contributed by atoms with Gasteiger partial charge in [-0.3, -0.25) is 4.21 Å². The molecule has 0 amide bonds. The molecule has 0 bridgehead atoms. The van der Waals surface area contributed by atoms with E-state index in [-0.39, 0.29) is 16.6 Å². The number of hydrogen-bond acceptors (Lipinski definition) is 3. The Morgan fingerprint density at radius 3 is 2.89 bits per heavy atom. The van der Waals surface area contributed by atoms with Gasteiger partial charge in [0.1, 0.15) is 10.8 Å². The molecule has 0 spiro atoms. The first-order chi connectivity index (χ1) is 8.58. The summed E-state index contributed by atoms with van der Waals surface area (Å²) in [6.07, 6.45) is 1.51. The van der Waals surface area contributed by atoms with Crippen molar-refractivity contribution in [1.82, 2.24) is 4.98 Å². The molecule has 1 atom stereocenters. The van der Waals surface area contributed by atoms with Crippen molar-refractivity contribution in [2.24, 2.45) is 0 Å². The minimum Gasteiger partial charge on any atom is -0.396 e. The molecule has 0 saturated heterocycles. The molecule has 1 aromatic carbocycles. The van der Waals surface area contributed by atoms with E-state index in [1.807, 2.05) is 0 Å². The number of anilines is 1. The lowest BCUT2D eigenvalue weighted by Crippen LogP contribution is -2.04. The topological polar surface area (TPSA) is 56.0 Å². The molecule has 2 aromatic rings. The molecule has 0 radical (unpaired) electrons. The summed E-state index contributed by atoms with van der Waals surface area (Å²) in [6, 6.07) is 7.81. The average Bonchev–Trinajstić information content (AvgIpc) is 2.34. The Hall–Kier alpha value is -1.27. The van der Waals surface area contributed by atoms with Crippen molar-refractivity contribution in [2.75, 3.05) is 5.73 Å². The molecule has 1 aromatic heterocycles. The summed E-state index contributed by atoms with van der Waals surface area (Å²) in [7, 11) is -1.46. The highest BCUT2D eigenvalue weighted by Crippen LogP contribution is 2.20. The Labute approximate surface area is 115 Å². The molecule has 6 heteroatoms. The van der Waals surface area contributed by atoms with E-state index < -0.39 is 10.8 Å². The van der Waals surface area contributed by atoms with Crippen molar-refractivity contribution >= 4 is 32.4 Å². The van der Waals surface area contributed by atoms with Gasteiger partial charge in [-0.1, -0.05) is 15.9 Å². The Morgan fingerprint density at radius 2 is 2.17 bits per heavy atom. The third kappa shape index (κ3) is 2.94. The van der Waals surface area contributed by atoms with Crippen LogP contribution in [-0.2, 0) is 16.6 Å². The summed E-state index contributed by atoms with van der Waals surface area (Å²) in [4.78, 5) is 3.97. The van der Waals surface area contributed by atoms with E-state index in [2.05, 4.69) is 20.9 Å². The Morgan fingerprint density at radius 1 is 1.39 bits per heavy atom. The maximum absolute atomic E-state index is 13.5. The zero-order valence-corrected chi connectivity index (χ0v) is 11.7. The third-order valence-corrected chi connectivity index (χ3v) is 4.15. The summed E-state index contributed by atoms with van der Waals surface area (Å²) >= 11 is 3.25. The molecule has 94 valence electrons. The van der Waals surface area contributed by atoms with Gasteiger partial charge in [0.15, 0.2) is 0 Å². The van der Waals surface area contributed by atoms with Gasteiger partial charge >= 0.3 is 0 Å². The van der Waals surface area contributed by atoms with E-state index in [1.165, 1.54) is 12.3 Å². The summed E-state index contributed by atoms with van der Waals surface area (Å²) in [5, 5.41) is 0.289. The molecule has 0 aliphatic carbocycles. The van der Waals surface area contributed by atoms with Crippen LogP contribution in [0.15, 0.2) is 46.0 Å². The number of rotatable bonds is 3. The van der Waals surface area contributed by atoms with Gasteiger partial charge < -0.3 is 5.73 Å². The highest BCUT2D eigenvalue weighted by atomic mass is 79.9. The second kappa shape index (κ2) is 5.58. The number of aromatic nitrogens is 1. The molecule has 1 heterocycles. The van der Waals surface area contributed by atoms with E-state index >= 15 is 0 Å². The lowest BCUT2D eigenvalue weighted by Gasteiger charge is -2.06. The number of nitrogens with zero attached hydrogens (tertiary/aromatic N) is 1. The predicted octanol–water partition coefficient (Wildman–Crippen LogP) is 2.87. The fourth-order valence-corrected chi connectivity index (χ4v) is 3.02. The molecular weight excluding hydrogens is 319 g/mol. The van der Waals surface area contributed by atoms with Crippen LogP contribution in [0, 0.1) is 5.82 Å². The van der Waals surface area contributed by atoms with Crippen LogP contribution in [-0.4, -0.2) is 9.19 Å².